The normalized spacial score (nSPS) is 16.8. The Morgan fingerprint density at radius 1 is 1.12 bits per heavy atom. The zero-order valence-electron chi connectivity index (χ0n) is 15.6. The Morgan fingerprint density at radius 2 is 1.76 bits per heavy atom. The highest BCUT2D eigenvalue weighted by molar-refractivity contribution is 5.80. The fraction of sp³-hybridized carbons (Fsp3) is 0.833. The Kier molecular flexibility index (Phi) is 8.72. The lowest BCUT2D eigenvalue weighted by Crippen LogP contribution is -2.43. The predicted molar refractivity (Wildman–Crippen MR) is 94.2 cm³/mol. The first-order chi connectivity index (χ1) is 11.7. The highest BCUT2D eigenvalue weighted by atomic mass is 16.6. The van der Waals surface area contributed by atoms with E-state index in [9.17, 15) is 19.5 Å². The van der Waals surface area contributed by atoms with Gasteiger partial charge in [0.2, 0.25) is 5.91 Å². The van der Waals surface area contributed by atoms with Gasteiger partial charge in [-0.05, 0) is 52.9 Å². The molecule has 1 fully saturated rings. The molecule has 1 aliphatic carbocycles. The molecule has 25 heavy (non-hydrogen) atoms. The van der Waals surface area contributed by atoms with E-state index in [1.54, 1.807) is 20.8 Å². The van der Waals surface area contributed by atoms with E-state index >= 15 is 0 Å². The third kappa shape index (κ3) is 9.31. The minimum Gasteiger partial charge on any atom is -0.480 e. The smallest absolute Gasteiger partial charge is 0.408 e. The van der Waals surface area contributed by atoms with Gasteiger partial charge in [0.15, 0.2) is 0 Å². The van der Waals surface area contributed by atoms with Crippen LogP contribution in [0.25, 0.3) is 0 Å². The van der Waals surface area contributed by atoms with Gasteiger partial charge >= 0.3 is 12.1 Å². The number of hydrogen-bond donors (Lipinski definition) is 3. The summed E-state index contributed by atoms with van der Waals surface area (Å²) in [4.78, 5) is 34.9. The fourth-order valence-electron chi connectivity index (χ4n) is 2.90. The van der Waals surface area contributed by atoms with E-state index in [0.29, 0.717) is 25.8 Å². The van der Waals surface area contributed by atoms with Crippen molar-refractivity contribution in [2.24, 2.45) is 5.92 Å². The van der Waals surface area contributed by atoms with Gasteiger partial charge in [-0.3, -0.25) is 4.79 Å². The van der Waals surface area contributed by atoms with Crippen LogP contribution < -0.4 is 10.6 Å². The molecule has 0 aliphatic heterocycles. The van der Waals surface area contributed by atoms with Crippen LogP contribution >= 0.6 is 0 Å². The molecule has 7 nitrogen and oxygen atoms in total. The second kappa shape index (κ2) is 10.3. The number of carboxylic acid groups (broad SMARTS) is 1. The molecule has 0 aromatic heterocycles. The third-order valence-electron chi connectivity index (χ3n) is 4.18. The number of alkyl carbamates (subject to hydrolysis) is 1. The minimum atomic E-state index is -1.09. The molecule has 1 rings (SSSR count). The fourth-order valence-corrected chi connectivity index (χ4v) is 2.90. The molecule has 1 atom stereocenters. The van der Waals surface area contributed by atoms with Crippen molar-refractivity contribution in [1.82, 2.24) is 10.6 Å². The second-order valence-electron chi connectivity index (χ2n) is 7.66. The number of rotatable bonds is 8. The topological polar surface area (TPSA) is 105 Å². The van der Waals surface area contributed by atoms with Crippen molar-refractivity contribution < 1.29 is 24.2 Å². The lowest BCUT2D eigenvalue weighted by molar-refractivity contribution is -0.139. The van der Waals surface area contributed by atoms with Crippen LogP contribution in [0.4, 0.5) is 4.79 Å². The molecule has 3 N–H and O–H groups in total. The minimum absolute atomic E-state index is 0.112. The number of carbonyl (C=O) groups is 3. The second-order valence-corrected chi connectivity index (χ2v) is 7.66. The summed E-state index contributed by atoms with van der Waals surface area (Å²) in [6.45, 7) is 5.69. The van der Waals surface area contributed by atoms with Crippen molar-refractivity contribution >= 4 is 18.0 Å². The first-order valence-electron chi connectivity index (χ1n) is 9.19. The number of ether oxygens (including phenoxy) is 1. The SMILES string of the molecule is CC(C)(C)OC(=O)N[C@@H](CCCCNC(=O)C1CCCCC1)C(=O)O. The highest BCUT2D eigenvalue weighted by Crippen LogP contribution is 2.23. The van der Waals surface area contributed by atoms with Crippen molar-refractivity contribution in [3.8, 4) is 0 Å². The third-order valence-corrected chi connectivity index (χ3v) is 4.18. The summed E-state index contributed by atoms with van der Waals surface area (Å²) >= 11 is 0. The molecule has 0 saturated heterocycles. The van der Waals surface area contributed by atoms with Crippen LogP contribution in [0.3, 0.4) is 0 Å². The number of hydrogen-bond acceptors (Lipinski definition) is 4. The van der Waals surface area contributed by atoms with Crippen molar-refractivity contribution in [2.75, 3.05) is 6.54 Å². The summed E-state index contributed by atoms with van der Waals surface area (Å²) in [5.74, 6) is -0.840. The van der Waals surface area contributed by atoms with Gasteiger partial charge in [-0.2, -0.15) is 0 Å². The number of amides is 2. The van der Waals surface area contributed by atoms with Crippen molar-refractivity contribution in [1.29, 1.82) is 0 Å². The average Bonchev–Trinajstić information content (AvgIpc) is 2.52. The number of aliphatic carboxylic acids is 1. The molecule has 2 amide bonds. The van der Waals surface area contributed by atoms with Crippen molar-refractivity contribution in [3.63, 3.8) is 0 Å². The van der Waals surface area contributed by atoms with Crippen LogP contribution in [0.5, 0.6) is 0 Å². The van der Waals surface area contributed by atoms with Gasteiger partial charge in [0.25, 0.3) is 0 Å². The van der Waals surface area contributed by atoms with Gasteiger partial charge in [0, 0.05) is 12.5 Å². The Bertz CT molecular complexity index is 453. The molecular formula is C18H32N2O5. The zero-order valence-corrected chi connectivity index (χ0v) is 15.6. The summed E-state index contributed by atoms with van der Waals surface area (Å²) < 4.78 is 5.07. The molecule has 0 bridgehead atoms. The summed E-state index contributed by atoms with van der Waals surface area (Å²) in [6, 6.07) is -0.983. The number of carboxylic acids is 1. The molecule has 0 radical (unpaired) electrons. The van der Waals surface area contributed by atoms with Crippen LogP contribution in [-0.2, 0) is 14.3 Å². The summed E-state index contributed by atoms with van der Waals surface area (Å²) in [6.07, 6.45) is 6.23. The van der Waals surface area contributed by atoms with Gasteiger partial charge in [0.05, 0.1) is 0 Å². The van der Waals surface area contributed by atoms with E-state index in [1.165, 1.54) is 6.42 Å². The number of unbranched alkanes of at least 4 members (excludes halogenated alkanes) is 1. The van der Waals surface area contributed by atoms with E-state index in [2.05, 4.69) is 10.6 Å². The largest absolute Gasteiger partial charge is 0.480 e. The maximum atomic E-state index is 12.0. The monoisotopic (exact) mass is 356 g/mol. The van der Waals surface area contributed by atoms with Crippen LogP contribution in [0.15, 0.2) is 0 Å². The van der Waals surface area contributed by atoms with Crippen LogP contribution in [0.2, 0.25) is 0 Å². The predicted octanol–water partition coefficient (Wildman–Crippen LogP) is 2.83. The molecule has 0 aromatic carbocycles. The van der Waals surface area contributed by atoms with Crippen molar-refractivity contribution in [3.05, 3.63) is 0 Å². The summed E-state index contributed by atoms with van der Waals surface area (Å²) in [5, 5.41) is 14.5. The lowest BCUT2D eigenvalue weighted by Gasteiger charge is -2.22. The maximum absolute atomic E-state index is 12.0. The number of nitrogens with one attached hydrogen (secondary N) is 2. The van der Waals surface area contributed by atoms with Gasteiger partial charge in [-0.1, -0.05) is 19.3 Å². The van der Waals surface area contributed by atoms with Gasteiger partial charge in [-0.15, -0.1) is 0 Å². The molecule has 0 aromatic rings. The van der Waals surface area contributed by atoms with Gasteiger partial charge < -0.3 is 20.5 Å². The Labute approximate surface area is 149 Å². The maximum Gasteiger partial charge on any atom is 0.408 e. The zero-order chi connectivity index (χ0) is 18.9. The molecule has 0 heterocycles. The standard InChI is InChI=1S/C18H32N2O5/c1-18(2,3)25-17(24)20-14(16(22)23)11-7-8-12-19-15(21)13-9-5-4-6-10-13/h13-14H,4-12H2,1-3H3,(H,19,21)(H,20,24)(H,22,23)/t14-/m0/s1. The Morgan fingerprint density at radius 3 is 2.32 bits per heavy atom. The molecule has 1 saturated carbocycles. The quantitative estimate of drug-likeness (QED) is 0.580. The molecule has 7 heteroatoms. The molecule has 1 aliphatic rings. The first kappa shape index (κ1) is 21.3. The van der Waals surface area contributed by atoms with Gasteiger partial charge in [0.1, 0.15) is 11.6 Å². The van der Waals surface area contributed by atoms with Gasteiger partial charge in [-0.25, -0.2) is 9.59 Å². The Balaban J connectivity index is 2.23. The molecule has 0 spiro atoms. The highest BCUT2D eigenvalue weighted by Gasteiger charge is 2.24. The lowest BCUT2D eigenvalue weighted by atomic mass is 9.88. The van der Waals surface area contributed by atoms with E-state index in [1.807, 2.05) is 0 Å². The first-order valence-corrected chi connectivity index (χ1v) is 9.19. The molecular weight excluding hydrogens is 324 g/mol. The molecule has 0 unspecified atom stereocenters. The summed E-state index contributed by atoms with van der Waals surface area (Å²) in [7, 11) is 0. The van der Waals surface area contributed by atoms with E-state index in [4.69, 9.17) is 4.74 Å². The van der Waals surface area contributed by atoms with E-state index in [-0.39, 0.29) is 11.8 Å². The number of carbonyl (C=O) groups excluding carboxylic acids is 2. The van der Waals surface area contributed by atoms with Crippen LogP contribution in [0, 0.1) is 5.92 Å². The van der Waals surface area contributed by atoms with Crippen LogP contribution in [-0.4, -0.2) is 41.3 Å². The average molecular weight is 356 g/mol. The van der Waals surface area contributed by atoms with E-state index in [0.717, 1.165) is 25.7 Å². The van der Waals surface area contributed by atoms with Crippen molar-refractivity contribution in [2.45, 2.75) is 83.8 Å². The molecule has 144 valence electrons. The summed E-state index contributed by atoms with van der Waals surface area (Å²) in [5.41, 5.74) is -0.670. The van der Waals surface area contributed by atoms with E-state index < -0.39 is 23.7 Å². The van der Waals surface area contributed by atoms with Crippen LogP contribution in [0.1, 0.15) is 72.1 Å². The Hall–Kier alpha value is -1.79.